The molecule has 0 unspecified atom stereocenters. The van der Waals surface area contributed by atoms with Crippen LogP contribution in [0.2, 0.25) is 0 Å². The van der Waals surface area contributed by atoms with E-state index in [1.807, 2.05) is 0 Å². The van der Waals surface area contributed by atoms with Crippen molar-refractivity contribution in [2.45, 2.75) is 35.2 Å². The largest absolute Gasteiger partial charge is 0.383 e. The Bertz CT molecular complexity index is 574. The van der Waals surface area contributed by atoms with E-state index in [4.69, 9.17) is 10.5 Å². The number of aromatic nitrogens is 2. The molecular formula is C12H17N3O3S2. The predicted octanol–water partition coefficient (Wildman–Crippen LogP) is 0.504. The van der Waals surface area contributed by atoms with Crippen LogP contribution in [0.3, 0.4) is 0 Å². The topological polar surface area (TPSA) is 87.2 Å². The lowest BCUT2D eigenvalue weighted by Gasteiger charge is -2.12. The average Bonchev–Trinajstić information content (AvgIpc) is 2.76. The first-order valence-corrected chi connectivity index (χ1v) is 8.10. The maximum absolute atomic E-state index is 12.5. The van der Waals surface area contributed by atoms with Gasteiger partial charge in [-0.1, -0.05) is 18.7 Å². The van der Waals surface area contributed by atoms with Crippen molar-refractivity contribution in [3.8, 4) is 0 Å². The first-order valence-electron chi connectivity index (χ1n) is 6.23. The van der Waals surface area contributed by atoms with Crippen LogP contribution < -0.4 is 11.3 Å². The molecule has 0 fully saturated rings. The zero-order chi connectivity index (χ0) is 14.7. The number of thioether (sulfide) groups is 2. The van der Waals surface area contributed by atoms with Crippen molar-refractivity contribution in [2.75, 3.05) is 19.5 Å². The molecule has 1 amide bonds. The predicted molar refractivity (Wildman–Crippen MR) is 79.3 cm³/mol. The smallest absolute Gasteiger partial charge is 0.268 e. The quantitative estimate of drug-likeness (QED) is 0.608. The molecule has 0 aliphatic carbocycles. The molecule has 2 N–H and O–H groups in total. The lowest BCUT2D eigenvalue weighted by Crippen LogP contribution is -2.27. The van der Waals surface area contributed by atoms with Gasteiger partial charge in [-0.2, -0.15) is 0 Å². The number of nitrogens with two attached hydrogens (primary N) is 1. The SMILES string of the molecule is COCCn1c(SCC(N)=O)nc2c(c1=O)S[C@@H](C)C2. The van der Waals surface area contributed by atoms with Gasteiger partial charge in [0.15, 0.2) is 5.16 Å². The first kappa shape index (κ1) is 15.4. The third kappa shape index (κ3) is 3.36. The molecule has 6 nitrogen and oxygen atoms in total. The van der Waals surface area contributed by atoms with Gasteiger partial charge in [-0.05, 0) is 0 Å². The first-order chi connectivity index (χ1) is 9.52. The number of carbonyl (C=O) groups is 1. The third-order valence-corrected chi connectivity index (χ3v) is 5.04. The fourth-order valence-corrected chi connectivity index (χ4v) is 3.85. The minimum atomic E-state index is -0.425. The van der Waals surface area contributed by atoms with Gasteiger partial charge in [0, 0.05) is 18.8 Å². The molecule has 0 saturated carbocycles. The molecule has 8 heteroatoms. The van der Waals surface area contributed by atoms with Crippen LogP contribution in [0.1, 0.15) is 12.6 Å². The second-order valence-corrected chi connectivity index (χ2v) is 6.90. The summed E-state index contributed by atoms with van der Waals surface area (Å²) in [6.45, 7) is 2.91. The molecule has 1 aromatic heterocycles. The summed E-state index contributed by atoms with van der Waals surface area (Å²) in [5.74, 6) is -0.313. The molecule has 0 bridgehead atoms. The van der Waals surface area contributed by atoms with Crippen molar-refractivity contribution in [3.05, 3.63) is 16.0 Å². The van der Waals surface area contributed by atoms with Gasteiger partial charge in [0.2, 0.25) is 5.91 Å². The number of hydrogen-bond donors (Lipinski definition) is 1. The van der Waals surface area contributed by atoms with E-state index in [0.29, 0.717) is 23.6 Å². The third-order valence-electron chi connectivity index (χ3n) is 2.83. The van der Waals surface area contributed by atoms with Gasteiger partial charge >= 0.3 is 0 Å². The monoisotopic (exact) mass is 315 g/mol. The number of primary amides is 1. The van der Waals surface area contributed by atoms with Crippen LogP contribution in [0.15, 0.2) is 14.8 Å². The Morgan fingerprint density at radius 3 is 3.05 bits per heavy atom. The Balaban J connectivity index is 2.37. The van der Waals surface area contributed by atoms with Gasteiger partial charge < -0.3 is 10.5 Å². The zero-order valence-electron chi connectivity index (χ0n) is 11.4. The molecule has 0 radical (unpaired) electrons. The van der Waals surface area contributed by atoms with Gasteiger partial charge in [-0.3, -0.25) is 14.2 Å². The summed E-state index contributed by atoms with van der Waals surface area (Å²) < 4.78 is 6.60. The van der Waals surface area contributed by atoms with E-state index in [1.54, 1.807) is 23.4 Å². The van der Waals surface area contributed by atoms with Crippen molar-refractivity contribution < 1.29 is 9.53 Å². The second kappa shape index (κ2) is 6.64. The fourth-order valence-electron chi connectivity index (χ4n) is 1.96. The van der Waals surface area contributed by atoms with E-state index in [1.165, 1.54) is 11.8 Å². The highest BCUT2D eigenvalue weighted by Crippen LogP contribution is 2.34. The standard InChI is InChI=1S/C12H17N3O3S2/c1-7-5-8-10(20-7)11(17)15(3-4-18-2)12(14-8)19-6-9(13)16/h7H,3-6H2,1-2H3,(H2,13,16)/t7-/m0/s1. The molecule has 20 heavy (non-hydrogen) atoms. The van der Waals surface area contributed by atoms with E-state index in [2.05, 4.69) is 11.9 Å². The Hall–Kier alpha value is -0.990. The van der Waals surface area contributed by atoms with Crippen LogP contribution >= 0.6 is 23.5 Å². The van der Waals surface area contributed by atoms with Crippen LogP contribution in [0.4, 0.5) is 0 Å². The highest BCUT2D eigenvalue weighted by Gasteiger charge is 2.26. The van der Waals surface area contributed by atoms with Crippen LogP contribution in [0, 0.1) is 0 Å². The minimum Gasteiger partial charge on any atom is -0.383 e. The van der Waals surface area contributed by atoms with Crippen LogP contribution in [0.25, 0.3) is 0 Å². The lowest BCUT2D eigenvalue weighted by molar-refractivity contribution is -0.115. The van der Waals surface area contributed by atoms with E-state index in [-0.39, 0.29) is 11.3 Å². The van der Waals surface area contributed by atoms with Crippen molar-refractivity contribution in [3.63, 3.8) is 0 Å². The molecular weight excluding hydrogens is 298 g/mol. The summed E-state index contributed by atoms with van der Waals surface area (Å²) in [7, 11) is 1.58. The number of hydrogen-bond acceptors (Lipinski definition) is 6. The van der Waals surface area contributed by atoms with Gasteiger partial charge in [-0.25, -0.2) is 4.98 Å². The summed E-state index contributed by atoms with van der Waals surface area (Å²) in [6, 6.07) is 0. The fraction of sp³-hybridized carbons (Fsp3) is 0.583. The highest BCUT2D eigenvalue weighted by molar-refractivity contribution is 8.00. The van der Waals surface area contributed by atoms with E-state index >= 15 is 0 Å². The van der Waals surface area contributed by atoms with Crippen molar-refractivity contribution >= 4 is 29.4 Å². The Kier molecular flexibility index (Phi) is 5.11. The number of methoxy groups -OCH3 is 1. The van der Waals surface area contributed by atoms with E-state index < -0.39 is 5.91 Å². The van der Waals surface area contributed by atoms with Crippen molar-refractivity contribution in [2.24, 2.45) is 5.73 Å². The van der Waals surface area contributed by atoms with E-state index in [0.717, 1.165) is 17.0 Å². The summed E-state index contributed by atoms with van der Waals surface area (Å²) in [5, 5.41) is 0.900. The normalized spacial score (nSPS) is 17.2. The Morgan fingerprint density at radius 2 is 2.40 bits per heavy atom. The molecule has 2 heterocycles. The molecule has 1 aliphatic heterocycles. The molecule has 2 rings (SSSR count). The van der Waals surface area contributed by atoms with Crippen molar-refractivity contribution in [1.29, 1.82) is 0 Å². The highest BCUT2D eigenvalue weighted by atomic mass is 32.2. The second-order valence-electron chi connectivity index (χ2n) is 4.51. The van der Waals surface area contributed by atoms with Gasteiger partial charge in [0.05, 0.1) is 29.5 Å². The summed E-state index contributed by atoms with van der Waals surface area (Å²) in [4.78, 5) is 28.7. The number of fused-ring (bicyclic) bond motifs is 1. The average molecular weight is 315 g/mol. The van der Waals surface area contributed by atoms with Crippen molar-refractivity contribution in [1.82, 2.24) is 9.55 Å². The van der Waals surface area contributed by atoms with Crippen LogP contribution in [-0.4, -0.2) is 40.2 Å². The number of rotatable bonds is 6. The maximum Gasteiger partial charge on any atom is 0.268 e. The molecule has 1 atom stereocenters. The Morgan fingerprint density at radius 1 is 1.65 bits per heavy atom. The maximum atomic E-state index is 12.5. The van der Waals surface area contributed by atoms with Gasteiger partial charge in [0.25, 0.3) is 5.56 Å². The molecule has 1 aliphatic rings. The lowest BCUT2D eigenvalue weighted by atomic mass is 10.2. The number of amides is 1. The summed E-state index contributed by atoms with van der Waals surface area (Å²) in [5.41, 5.74) is 5.94. The zero-order valence-corrected chi connectivity index (χ0v) is 13.1. The Labute approximate surface area is 125 Å². The minimum absolute atomic E-state index is 0.0478. The summed E-state index contributed by atoms with van der Waals surface area (Å²) >= 11 is 2.76. The number of carbonyl (C=O) groups excluding carboxylic acids is 1. The molecule has 0 saturated heterocycles. The summed E-state index contributed by atoms with van der Waals surface area (Å²) in [6.07, 6.45) is 0.782. The molecule has 110 valence electrons. The van der Waals surface area contributed by atoms with Crippen LogP contribution in [0.5, 0.6) is 0 Å². The molecule has 1 aromatic rings. The molecule has 0 spiro atoms. The van der Waals surface area contributed by atoms with Gasteiger partial charge in [-0.15, -0.1) is 11.8 Å². The van der Waals surface area contributed by atoms with Gasteiger partial charge in [0.1, 0.15) is 0 Å². The number of nitrogens with zero attached hydrogens (tertiary/aromatic N) is 2. The van der Waals surface area contributed by atoms with E-state index in [9.17, 15) is 9.59 Å². The molecule has 0 aromatic carbocycles. The van der Waals surface area contributed by atoms with Crippen LogP contribution in [-0.2, 0) is 22.5 Å². The number of ether oxygens (including phenoxy) is 1.